The Bertz CT molecular complexity index is 1150. The number of hydrogen-bond donors (Lipinski definition) is 1. The van der Waals surface area contributed by atoms with E-state index in [2.05, 4.69) is 4.72 Å². The van der Waals surface area contributed by atoms with Crippen molar-refractivity contribution in [1.29, 1.82) is 0 Å². The van der Waals surface area contributed by atoms with E-state index in [9.17, 15) is 13.2 Å². The number of fused-ring (bicyclic) bond motifs is 1. The molecule has 0 amide bonds. The number of benzene rings is 2. The largest absolute Gasteiger partial charge is 0.496 e. The van der Waals surface area contributed by atoms with E-state index in [1.807, 2.05) is 13.8 Å². The molecule has 7 nitrogen and oxygen atoms in total. The number of oxazole rings is 1. The molecule has 0 atom stereocenters. The normalized spacial score (nSPS) is 11.7. The van der Waals surface area contributed by atoms with Crippen LogP contribution in [-0.2, 0) is 17.1 Å². The van der Waals surface area contributed by atoms with Gasteiger partial charge >= 0.3 is 5.76 Å². The predicted molar refractivity (Wildman–Crippen MR) is 99.7 cm³/mol. The van der Waals surface area contributed by atoms with Gasteiger partial charge in [0.15, 0.2) is 5.58 Å². The van der Waals surface area contributed by atoms with Crippen LogP contribution in [0.3, 0.4) is 0 Å². The molecule has 26 heavy (non-hydrogen) atoms. The molecule has 0 spiro atoms. The second-order valence-corrected chi connectivity index (χ2v) is 7.98. The number of methoxy groups -OCH3 is 1. The zero-order valence-corrected chi connectivity index (χ0v) is 16.2. The van der Waals surface area contributed by atoms with Crippen LogP contribution in [0.2, 0.25) is 5.02 Å². The Balaban J connectivity index is 2.07. The minimum absolute atomic E-state index is 0.0108. The smallest absolute Gasteiger partial charge is 0.419 e. The van der Waals surface area contributed by atoms with Gasteiger partial charge in [-0.25, -0.2) is 13.2 Å². The summed E-state index contributed by atoms with van der Waals surface area (Å²) in [5.74, 6) is 0.0958. The van der Waals surface area contributed by atoms with Crippen molar-refractivity contribution >= 4 is 38.4 Å². The van der Waals surface area contributed by atoms with Gasteiger partial charge in [0.2, 0.25) is 0 Å². The summed E-state index contributed by atoms with van der Waals surface area (Å²) < 4.78 is 39.6. The van der Waals surface area contributed by atoms with Crippen molar-refractivity contribution in [3.63, 3.8) is 0 Å². The van der Waals surface area contributed by atoms with Gasteiger partial charge in [0.1, 0.15) is 10.6 Å². The molecule has 0 aliphatic rings. The minimum atomic E-state index is -3.99. The number of anilines is 1. The van der Waals surface area contributed by atoms with Crippen molar-refractivity contribution in [2.24, 2.45) is 7.05 Å². The molecule has 2 aromatic carbocycles. The summed E-state index contributed by atoms with van der Waals surface area (Å²) in [7, 11) is -0.915. The zero-order valence-electron chi connectivity index (χ0n) is 14.6. The molecule has 9 heteroatoms. The molecule has 0 unspecified atom stereocenters. The van der Waals surface area contributed by atoms with Gasteiger partial charge in [0.25, 0.3) is 10.0 Å². The second kappa shape index (κ2) is 6.37. The van der Waals surface area contributed by atoms with Gasteiger partial charge in [0, 0.05) is 18.8 Å². The van der Waals surface area contributed by atoms with Crippen molar-refractivity contribution in [3.8, 4) is 5.75 Å². The molecule has 0 radical (unpaired) electrons. The number of aryl methyl sites for hydroxylation is 3. The van der Waals surface area contributed by atoms with Crippen LogP contribution in [0, 0.1) is 13.8 Å². The van der Waals surface area contributed by atoms with E-state index >= 15 is 0 Å². The number of hydrogen-bond acceptors (Lipinski definition) is 5. The van der Waals surface area contributed by atoms with Crippen LogP contribution in [0.5, 0.6) is 5.75 Å². The zero-order chi connectivity index (χ0) is 19.2. The van der Waals surface area contributed by atoms with Crippen LogP contribution in [0.25, 0.3) is 11.1 Å². The number of aromatic nitrogens is 1. The molecule has 3 aromatic rings. The third kappa shape index (κ3) is 3.06. The fourth-order valence-corrected chi connectivity index (χ4v) is 4.45. The Morgan fingerprint density at radius 2 is 1.77 bits per heavy atom. The van der Waals surface area contributed by atoms with Gasteiger partial charge < -0.3 is 9.15 Å². The molecule has 138 valence electrons. The molecule has 0 aliphatic carbocycles. The highest BCUT2D eigenvalue weighted by Gasteiger charge is 2.22. The van der Waals surface area contributed by atoms with Gasteiger partial charge in [-0.15, -0.1) is 0 Å². The number of nitrogens with zero attached hydrogens (tertiary/aromatic N) is 1. The van der Waals surface area contributed by atoms with E-state index in [0.29, 0.717) is 17.0 Å². The SMILES string of the molecule is COc1c(C)cc(NS(=O)(=O)c2cc3oc(=O)n(C)c3cc2Cl)cc1C. The summed E-state index contributed by atoms with van der Waals surface area (Å²) >= 11 is 6.15. The van der Waals surface area contributed by atoms with Crippen LogP contribution in [0.15, 0.2) is 38.4 Å². The quantitative estimate of drug-likeness (QED) is 0.731. The van der Waals surface area contributed by atoms with Gasteiger partial charge in [-0.1, -0.05) is 11.6 Å². The summed E-state index contributed by atoms with van der Waals surface area (Å²) in [6.07, 6.45) is 0. The van der Waals surface area contributed by atoms with Gasteiger partial charge in [-0.05, 0) is 43.2 Å². The van der Waals surface area contributed by atoms with E-state index in [4.69, 9.17) is 20.8 Å². The van der Waals surface area contributed by atoms with Crippen molar-refractivity contribution in [3.05, 3.63) is 51.0 Å². The van der Waals surface area contributed by atoms with E-state index in [1.165, 1.54) is 23.7 Å². The monoisotopic (exact) mass is 396 g/mol. The Hall–Kier alpha value is -2.45. The molecule has 1 heterocycles. The van der Waals surface area contributed by atoms with Crippen LogP contribution in [0.1, 0.15) is 11.1 Å². The molecule has 0 aliphatic heterocycles. The fourth-order valence-electron chi connectivity index (χ4n) is 2.88. The number of ether oxygens (including phenoxy) is 1. The third-order valence-corrected chi connectivity index (χ3v) is 5.90. The van der Waals surface area contributed by atoms with E-state index in [-0.39, 0.29) is 15.5 Å². The first-order chi connectivity index (χ1) is 12.1. The highest BCUT2D eigenvalue weighted by molar-refractivity contribution is 7.92. The Kier molecular flexibility index (Phi) is 4.49. The van der Waals surface area contributed by atoms with E-state index < -0.39 is 15.8 Å². The molecular formula is C17H17ClN2O5S. The van der Waals surface area contributed by atoms with Crippen molar-refractivity contribution < 1.29 is 17.6 Å². The third-order valence-electron chi connectivity index (χ3n) is 4.05. The summed E-state index contributed by atoms with van der Waals surface area (Å²) in [6.45, 7) is 3.64. The fraction of sp³-hybridized carbons (Fsp3) is 0.235. The lowest BCUT2D eigenvalue weighted by Crippen LogP contribution is -2.14. The topological polar surface area (TPSA) is 90.5 Å². The summed E-state index contributed by atoms with van der Waals surface area (Å²) in [5, 5.41) is -0.0108. The lowest BCUT2D eigenvalue weighted by atomic mass is 10.1. The lowest BCUT2D eigenvalue weighted by molar-refractivity contribution is 0.408. The number of halogens is 1. The Morgan fingerprint density at radius 3 is 2.35 bits per heavy atom. The standard InChI is InChI=1S/C17H17ClN2O5S/c1-9-5-11(6-10(2)16(9)24-4)19-26(22,23)15-8-14-13(7-12(15)18)20(3)17(21)25-14/h5-8,19H,1-4H3. The molecule has 3 rings (SSSR count). The molecule has 0 saturated carbocycles. The van der Waals surface area contributed by atoms with Crippen molar-refractivity contribution in [2.45, 2.75) is 18.7 Å². The number of nitrogens with one attached hydrogen (secondary N) is 1. The predicted octanol–water partition coefficient (Wildman–Crippen LogP) is 3.21. The van der Waals surface area contributed by atoms with Crippen LogP contribution in [0.4, 0.5) is 5.69 Å². The minimum Gasteiger partial charge on any atom is -0.496 e. The van der Waals surface area contributed by atoms with E-state index in [1.54, 1.807) is 19.2 Å². The van der Waals surface area contributed by atoms with Crippen LogP contribution >= 0.6 is 11.6 Å². The van der Waals surface area contributed by atoms with Gasteiger partial charge in [0.05, 0.1) is 17.6 Å². The maximum atomic E-state index is 12.8. The maximum absolute atomic E-state index is 12.8. The highest BCUT2D eigenvalue weighted by atomic mass is 35.5. The Morgan fingerprint density at radius 1 is 1.15 bits per heavy atom. The molecule has 0 fully saturated rings. The first-order valence-electron chi connectivity index (χ1n) is 7.61. The van der Waals surface area contributed by atoms with Crippen LogP contribution in [-0.4, -0.2) is 20.1 Å². The summed E-state index contributed by atoms with van der Waals surface area (Å²) in [4.78, 5) is 11.4. The maximum Gasteiger partial charge on any atom is 0.419 e. The highest BCUT2D eigenvalue weighted by Crippen LogP contribution is 2.31. The molecule has 0 saturated heterocycles. The molecule has 0 bridgehead atoms. The van der Waals surface area contributed by atoms with Crippen molar-refractivity contribution in [1.82, 2.24) is 4.57 Å². The molecular weight excluding hydrogens is 380 g/mol. The Labute approximate surface area is 155 Å². The number of rotatable bonds is 4. The van der Waals surface area contributed by atoms with E-state index in [0.717, 1.165) is 11.1 Å². The average Bonchev–Trinajstić information content (AvgIpc) is 2.80. The first kappa shape index (κ1) is 18.3. The average molecular weight is 397 g/mol. The van der Waals surface area contributed by atoms with Gasteiger partial charge in [-0.3, -0.25) is 9.29 Å². The van der Waals surface area contributed by atoms with Crippen LogP contribution < -0.4 is 15.2 Å². The summed E-state index contributed by atoms with van der Waals surface area (Å²) in [6, 6.07) is 5.96. The second-order valence-electron chi connectivity index (χ2n) is 5.93. The first-order valence-corrected chi connectivity index (χ1v) is 9.47. The number of sulfonamides is 1. The molecule has 1 aromatic heterocycles. The molecule has 1 N–H and O–H groups in total. The van der Waals surface area contributed by atoms with Gasteiger partial charge in [-0.2, -0.15) is 0 Å². The van der Waals surface area contributed by atoms with Crippen molar-refractivity contribution in [2.75, 3.05) is 11.8 Å². The lowest BCUT2D eigenvalue weighted by Gasteiger charge is -2.14. The summed E-state index contributed by atoms with van der Waals surface area (Å²) in [5.41, 5.74) is 2.52.